The van der Waals surface area contributed by atoms with Crippen molar-refractivity contribution in [2.24, 2.45) is 11.3 Å². The Hall–Kier alpha value is -0.530. The molecule has 0 radical (unpaired) electrons. The maximum absolute atomic E-state index is 10.7. The number of hydrogen-bond donors (Lipinski definition) is 1. The first kappa shape index (κ1) is 10.6. The average molecular weight is 184 g/mol. The number of unbranched alkanes of at least 4 members (excludes halogenated alkanes) is 3. The third kappa shape index (κ3) is 2.71. The van der Waals surface area contributed by atoms with Crippen molar-refractivity contribution in [3.8, 4) is 0 Å². The fourth-order valence-corrected chi connectivity index (χ4v) is 2.02. The summed E-state index contributed by atoms with van der Waals surface area (Å²) < 4.78 is 0. The van der Waals surface area contributed by atoms with Crippen LogP contribution < -0.4 is 0 Å². The Morgan fingerprint density at radius 1 is 1.46 bits per heavy atom. The lowest BCUT2D eigenvalue weighted by Gasteiger charge is -2.08. The van der Waals surface area contributed by atoms with Crippen molar-refractivity contribution in [2.45, 2.75) is 52.4 Å². The van der Waals surface area contributed by atoms with Gasteiger partial charge in [-0.15, -0.1) is 0 Å². The van der Waals surface area contributed by atoms with Crippen LogP contribution in [0.1, 0.15) is 52.4 Å². The maximum atomic E-state index is 10.7. The molecule has 76 valence electrons. The fourth-order valence-electron chi connectivity index (χ4n) is 2.02. The van der Waals surface area contributed by atoms with Crippen molar-refractivity contribution >= 4 is 5.97 Å². The van der Waals surface area contributed by atoms with Crippen LogP contribution in [-0.2, 0) is 4.79 Å². The minimum absolute atomic E-state index is 0.0471. The highest BCUT2D eigenvalue weighted by molar-refractivity contribution is 5.74. The van der Waals surface area contributed by atoms with Gasteiger partial charge in [-0.25, -0.2) is 0 Å². The van der Waals surface area contributed by atoms with E-state index in [1.807, 2.05) is 0 Å². The van der Waals surface area contributed by atoms with E-state index in [1.54, 1.807) is 0 Å². The fraction of sp³-hybridized carbons (Fsp3) is 0.909. The molecule has 0 saturated heterocycles. The molecular formula is C11H20O2. The van der Waals surface area contributed by atoms with Gasteiger partial charge >= 0.3 is 5.97 Å². The molecule has 0 bridgehead atoms. The summed E-state index contributed by atoms with van der Waals surface area (Å²) in [4.78, 5) is 10.7. The summed E-state index contributed by atoms with van der Waals surface area (Å²) in [5.41, 5.74) is 0.138. The molecule has 2 atom stereocenters. The minimum Gasteiger partial charge on any atom is -0.481 e. The molecule has 1 saturated carbocycles. The van der Waals surface area contributed by atoms with Crippen LogP contribution in [0.15, 0.2) is 0 Å². The SMILES string of the molecule is CCCCCCC1(C)CC1C(=O)O. The Labute approximate surface area is 80.3 Å². The molecule has 0 aromatic rings. The molecule has 0 spiro atoms. The normalized spacial score (nSPS) is 31.7. The zero-order valence-electron chi connectivity index (χ0n) is 8.68. The first-order chi connectivity index (χ1) is 6.10. The predicted octanol–water partition coefficient (Wildman–Crippen LogP) is 3.07. The van der Waals surface area contributed by atoms with Crippen molar-refractivity contribution in [1.29, 1.82) is 0 Å². The topological polar surface area (TPSA) is 37.3 Å². The molecule has 0 aliphatic heterocycles. The Bertz CT molecular complexity index is 189. The van der Waals surface area contributed by atoms with Crippen LogP contribution in [0, 0.1) is 11.3 Å². The number of carboxylic acids is 1. The Morgan fingerprint density at radius 3 is 2.62 bits per heavy atom. The predicted molar refractivity (Wildman–Crippen MR) is 52.6 cm³/mol. The van der Waals surface area contributed by atoms with Crippen molar-refractivity contribution in [3.63, 3.8) is 0 Å². The van der Waals surface area contributed by atoms with E-state index in [4.69, 9.17) is 5.11 Å². The van der Waals surface area contributed by atoms with Crippen LogP contribution in [0.5, 0.6) is 0 Å². The summed E-state index contributed by atoms with van der Waals surface area (Å²) in [5.74, 6) is -0.646. The molecule has 0 amide bonds. The van der Waals surface area contributed by atoms with Gasteiger partial charge in [-0.1, -0.05) is 39.5 Å². The molecule has 1 N–H and O–H groups in total. The first-order valence-corrected chi connectivity index (χ1v) is 5.33. The molecule has 2 nitrogen and oxygen atoms in total. The minimum atomic E-state index is -0.599. The second-order valence-electron chi connectivity index (χ2n) is 4.56. The molecule has 0 aromatic carbocycles. The summed E-state index contributed by atoms with van der Waals surface area (Å²) in [6, 6.07) is 0. The van der Waals surface area contributed by atoms with Crippen molar-refractivity contribution < 1.29 is 9.90 Å². The molecule has 2 heteroatoms. The molecule has 1 rings (SSSR count). The molecule has 13 heavy (non-hydrogen) atoms. The highest BCUT2D eigenvalue weighted by Gasteiger charge is 2.53. The van der Waals surface area contributed by atoms with Crippen LogP contribution in [0.25, 0.3) is 0 Å². The van der Waals surface area contributed by atoms with Gasteiger partial charge in [0.05, 0.1) is 5.92 Å². The van der Waals surface area contributed by atoms with Gasteiger partial charge < -0.3 is 5.11 Å². The number of rotatable bonds is 6. The third-order valence-electron chi connectivity index (χ3n) is 3.25. The van der Waals surface area contributed by atoms with Gasteiger partial charge in [0.15, 0.2) is 0 Å². The second kappa shape index (κ2) is 4.12. The lowest BCUT2D eigenvalue weighted by atomic mass is 9.97. The lowest BCUT2D eigenvalue weighted by molar-refractivity contribution is -0.139. The van der Waals surface area contributed by atoms with Crippen LogP contribution >= 0.6 is 0 Å². The molecule has 1 fully saturated rings. The van der Waals surface area contributed by atoms with E-state index in [2.05, 4.69) is 13.8 Å². The smallest absolute Gasteiger partial charge is 0.307 e. The maximum Gasteiger partial charge on any atom is 0.307 e. The third-order valence-corrected chi connectivity index (χ3v) is 3.25. The Kier molecular flexibility index (Phi) is 3.34. The highest BCUT2D eigenvalue weighted by atomic mass is 16.4. The van der Waals surface area contributed by atoms with E-state index in [0.29, 0.717) is 0 Å². The molecule has 1 aliphatic carbocycles. The van der Waals surface area contributed by atoms with Gasteiger partial charge in [0, 0.05) is 0 Å². The van der Waals surface area contributed by atoms with Crippen LogP contribution in [0.2, 0.25) is 0 Å². The summed E-state index contributed by atoms with van der Waals surface area (Å²) in [6.45, 7) is 4.30. The average Bonchev–Trinajstić information content (AvgIpc) is 2.73. The molecule has 0 heterocycles. The van der Waals surface area contributed by atoms with E-state index in [9.17, 15) is 4.79 Å². The van der Waals surface area contributed by atoms with Gasteiger partial charge in [-0.2, -0.15) is 0 Å². The number of carboxylic acid groups (broad SMARTS) is 1. The zero-order valence-corrected chi connectivity index (χ0v) is 8.68. The van der Waals surface area contributed by atoms with Gasteiger partial charge in [-0.05, 0) is 18.3 Å². The lowest BCUT2D eigenvalue weighted by Crippen LogP contribution is -2.06. The summed E-state index contributed by atoms with van der Waals surface area (Å²) >= 11 is 0. The van der Waals surface area contributed by atoms with E-state index < -0.39 is 5.97 Å². The number of hydrogen-bond acceptors (Lipinski definition) is 1. The molecule has 2 unspecified atom stereocenters. The quantitative estimate of drug-likeness (QED) is 0.644. The van der Waals surface area contributed by atoms with Crippen LogP contribution in [-0.4, -0.2) is 11.1 Å². The first-order valence-electron chi connectivity index (χ1n) is 5.33. The zero-order chi connectivity index (χ0) is 9.90. The molecule has 0 aromatic heterocycles. The van der Waals surface area contributed by atoms with E-state index >= 15 is 0 Å². The van der Waals surface area contributed by atoms with Gasteiger partial charge in [-0.3, -0.25) is 4.79 Å². The van der Waals surface area contributed by atoms with Gasteiger partial charge in [0.25, 0.3) is 0 Å². The Morgan fingerprint density at radius 2 is 2.15 bits per heavy atom. The van der Waals surface area contributed by atoms with Gasteiger partial charge in [0.2, 0.25) is 0 Å². The summed E-state index contributed by atoms with van der Waals surface area (Å²) in [7, 11) is 0. The largest absolute Gasteiger partial charge is 0.481 e. The van der Waals surface area contributed by atoms with Crippen molar-refractivity contribution in [2.75, 3.05) is 0 Å². The monoisotopic (exact) mass is 184 g/mol. The summed E-state index contributed by atoms with van der Waals surface area (Å²) in [5, 5.41) is 8.79. The van der Waals surface area contributed by atoms with E-state index in [-0.39, 0.29) is 11.3 Å². The van der Waals surface area contributed by atoms with Gasteiger partial charge in [0.1, 0.15) is 0 Å². The van der Waals surface area contributed by atoms with Crippen LogP contribution in [0.4, 0.5) is 0 Å². The molecular weight excluding hydrogens is 164 g/mol. The van der Waals surface area contributed by atoms with Crippen LogP contribution in [0.3, 0.4) is 0 Å². The van der Waals surface area contributed by atoms with Crippen molar-refractivity contribution in [3.05, 3.63) is 0 Å². The second-order valence-corrected chi connectivity index (χ2v) is 4.56. The standard InChI is InChI=1S/C11H20O2/c1-3-4-5-6-7-11(2)8-9(11)10(12)13/h9H,3-8H2,1-2H3,(H,12,13). The molecule has 1 aliphatic rings. The number of carbonyl (C=O) groups is 1. The van der Waals surface area contributed by atoms with E-state index in [0.717, 1.165) is 12.8 Å². The number of aliphatic carboxylic acids is 1. The Balaban J connectivity index is 2.13. The summed E-state index contributed by atoms with van der Waals surface area (Å²) in [6.07, 6.45) is 7.00. The highest BCUT2D eigenvalue weighted by Crippen LogP contribution is 2.55. The van der Waals surface area contributed by atoms with Crippen molar-refractivity contribution in [1.82, 2.24) is 0 Å². The van der Waals surface area contributed by atoms with E-state index in [1.165, 1.54) is 25.7 Å².